The predicted molar refractivity (Wildman–Crippen MR) is 105 cm³/mol. The maximum atomic E-state index is 11.9. The lowest BCUT2D eigenvalue weighted by atomic mass is 9.84. The van der Waals surface area contributed by atoms with Gasteiger partial charge in [0.1, 0.15) is 0 Å². The van der Waals surface area contributed by atoms with Gasteiger partial charge in [-0.2, -0.15) is 0 Å². The summed E-state index contributed by atoms with van der Waals surface area (Å²) in [6.07, 6.45) is 6.87. The van der Waals surface area contributed by atoms with Gasteiger partial charge in [-0.25, -0.2) is 4.98 Å². The average Bonchev–Trinajstić information content (AvgIpc) is 3.10. The Morgan fingerprint density at radius 1 is 1.15 bits per heavy atom. The summed E-state index contributed by atoms with van der Waals surface area (Å²) in [5.74, 6) is 0.421. The van der Waals surface area contributed by atoms with Crippen molar-refractivity contribution in [2.75, 3.05) is 11.9 Å². The highest BCUT2D eigenvalue weighted by atomic mass is 32.1. The van der Waals surface area contributed by atoms with Gasteiger partial charge in [-0.1, -0.05) is 43.5 Å². The lowest BCUT2D eigenvalue weighted by molar-refractivity contribution is -0.119. The third kappa shape index (κ3) is 5.14. The van der Waals surface area contributed by atoms with E-state index in [1.807, 2.05) is 5.38 Å². The second-order valence-electron chi connectivity index (χ2n) is 6.78. The van der Waals surface area contributed by atoms with E-state index in [0.717, 1.165) is 11.3 Å². The molecule has 1 saturated carbocycles. The van der Waals surface area contributed by atoms with Crippen LogP contribution in [-0.4, -0.2) is 23.3 Å². The van der Waals surface area contributed by atoms with Gasteiger partial charge >= 0.3 is 0 Å². The first-order valence-electron chi connectivity index (χ1n) is 9.22. The molecule has 3 rings (SSSR count). The molecular formula is C20H25N3O2S. The Hall–Kier alpha value is -2.21. The molecule has 0 spiro atoms. The molecule has 1 heterocycles. The number of hydrogen-bond donors (Lipinski definition) is 2. The van der Waals surface area contributed by atoms with E-state index in [9.17, 15) is 9.59 Å². The number of benzene rings is 1. The van der Waals surface area contributed by atoms with Crippen LogP contribution < -0.4 is 10.6 Å². The SMILES string of the molecule is CC(=O)NCCC(=O)Nc1nc(-c2ccc(C3CCCCC3)cc2)cs1. The third-order valence-corrected chi connectivity index (χ3v) is 5.52. The summed E-state index contributed by atoms with van der Waals surface area (Å²) < 4.78 is 0. The number of carbonyl (C=O) groups excluding carboxylic acids is 2. The van der Waals surface area contributed by atoms with E-state index in [0.29, 0.717) is 17.6 Å². The van der Waals surface area contributed by atoms with E-state index in [4.69, 9.17) is 0 Å². The van der Waals surface area contributed by atoms with Crippen LogP contribution >= 0.6 is 11.3 Å². The second-order valence-corrected chi connectivity index (χ2v) is 7.63. The first-order valence-corrected chi connectivity index (χ1v) is 10.1. The zero-order chi connectivity index (χ0) is 18.4. The summed E-state index contributed by atoms with van der Waals surface area (Å²) in [6, 6.07) is 8.69. The van der Waals surface area contributed by atoms with Crippen molar-refractivity contribution in [1.82, 2.24) is 10.3 Å². The number of carbonyl (C=O) groups is 2. The minimum atomic E-state index is -0.146. The predicted octanol–water partition coefficient (Wildman–Crippen LogP) is 4.32. The van der Waals surface area contributed by atoms with Crippen molar-refractivity contribution < 1.29 is 9.59 Å². The maximum Gasteiger partial charge on any atom is 0.227 e. The van der Waals surface area contributed by atoms with E-state index in [2.05, 4.69) is 39.9 Å². The van der Waals surface area contributed by atoms with E-state index in [-0.39, 0.29) is 18.2 Å². The van der Waals surface area contributed by atoms with E-state index in [1.54, 1.807) is 0 Å². The zero-order valence-electron chi connectivity index (χ0n) is 15.1. The molecule has 1 aromatic heterocycles. The smallest absolute Gasteiger partial charge is 0.227 e. The number of hydrogen-bond acceptors (Lipinski definition) is 4. The summed E-state index contributed by atoms with van der Waals surface area (Å²) in [4.78, 5) is 27.2. The van der Waals surface area contributed by atoms with E-state index in [1.165, 1.54) is 55.9 Å². The molecule has 138 valence electrons. The molecule has 1 fully saturated rings. The molecule has 26 heavy (non-hydrogen) atoms. The summed E-state index contributed by atoms with van der Waals surface area (Å²) in [7, 11) is 0. The Bertz CT molecular complexity index is 749. The van der Waals surface area contributed by atoms with Crippen LogP contribution in [0.1, 0.15) is 56.9 Å². The standard InChI is InChI=1S/C20H25N3O2S/c1-14(24)21-12-11-19(25)23-20-22-18(13-26-20)17-9-7-16(8-10-17)15-5-3-2-4-6-15/h7-10,13,15H,2-6,11-12H2,1H3,(H,21,24)(H,22,23,25). The van der Waals surface area contributed by atoms with E-state index < -0.39 is 0 Å². The van der Waals surface area contributed by atoms with Gasteiger partial charge < -0.3 is 10.6 Å². The summed E-state index contributed by atoms with van der Waals surface area (Å²) in [6.45, 7) is 1.77. The van der Waals surface area contributed by atoms with Crippen LogP contribution in [0.5, 0.6) is 0 Å². The third-order valence-electron chi connectivity index (χ3n) is 4.76. The Morgan fingerprint density at radius 2 is 1.88 bits per heavy atom. The number of nitrogens with zero attached hydrogens (tertiary/aromatic N) is 1. The molecule has 2 aromatic rings. The second kappa shape index (κ2) is 8.94. The van der Waals surface area contributed by atoms with Crippen LogP contribution in [0.25, 0.3) is 11.3 Å². The molecule has 0 atom stereocenters. The van der Waals surface area contributed by atoms with Crippen molar-refractivity contribution in [3.8, 4) is 11.3 Å². The Morgan fingerprint density at radius 3 is 2.58 bits per heavy atom. The number of aromatic nitrogens is 1. The molecule has 1 aliphatic rings. The van der Waals surface area contributed by atoms with Gasteiger partial charge in [0.25, 0.3) is 0 Å². The van der Waals surface area contributed by atoms with Crippen molar-refractivity contribution in [3.05, 3.63) is 35.2 Å². The average molecular weight is 372 g/mol. The number of amides is 2. The molecule has 6 heteroatoms. The van der Waals surface area contributed by atoms with Crippen LogP contribution in [0.3, 0.4) is 0 Å². The number of nitrogens with one attached hydrogen (secondary N) is 2. The van der Waals surface area contributed by atoms with Gasteiger partial charge in [-0.3, -0.25) is 9.59 Å². The molecule has 0 unspecified atom stereocenters. The molecule has 2 N–H and O–H groups in total. The lowest BCUT2D eigenvalue weighted by Crippen LogP contribution is -2.25. The van der Waals surface area contributed by atoms with Gasteiger partial charge in [0, 0.05) is 30.8 Å². The topological polar surface area (TPSA) is 71.1 Å². The van der Waals surface area contributed by atoms with Gasteiger partial charge in [0.2, 0.25) is 11.8 Å². The largest absolute Gasteiger partial charge is 0.356 e. The maximum absolute atomic E-state index is 11.9. The summed E-state index contributed by atoms with van der Waals surface area (Å²) in [5, 5.41) is 7.94. The zero-order valence-corrected chi connectivity index (χ0v) is 15.9. The van der Waals surface area contributed by atoms with Gasteiger partial charge in [0.15, 0.2) is 5.13 Å². The van der Waals surface area contributed by atoms with Crippen molar-refractivity contribution in [1.29, 1.82) is 0 Å². The first-order chi connectivity index (χ1) is 12.6. The molecule has 2 amide bonds. The van der Waals surface area contributed by atoms with Crippen molar-refractivity contribution in [2.45, 2.75) is 51.4 Å². The fourth-order valence-electron chi connectivity index (χ4n) is 3.36. The molecular weight excluding hydrogens is 346 g/mol. The molecule has 5 nitrogen and oxygen atoms in total. The monoisotopic (exact) mass is 371 g/mol. The number of rotatable bonds is 6. The fourth-order valence-corrected chi connectivity index (χ4v) is 4.10. The highest BCUT2D eigenvalue weighted by molar-refractivity contribution is 7.14. The Kier molecular flexibility index (Phi) is 6.39. The fraction of sp³-hybridized carbons (Fsp3) is 0.450. The first kappa shape index (κ1) is 18.6. The molecule has 0 radical (unpaired) electrons. The normalized spacial score (nSPS) is 14.8. The lowest BCUT2D eigenvalue weighted by Gasteiger charge is -2.22. The van der Waals surface area contributed by atoms with Crippen molar-refractivity contribution >= 4 is 28.3 Å². The quantitative estimate of drug-likeness (QED) is 0.794. The molecule has 0 bridgehead atoms. The summed E-state index contributed by atoms with van der Waals surface area (Å²) >= 11 is 1.41. The van der Waals surface area contributed by atoms with Crippen LogP contribution in [-0.2, 0) is 9.59 Å². The Balaban J connectivity index is 1.57. The van der Waals surface area contributed by atoms with Gasteiger partial charge in [-0.15, -0.1) is 11.3 Å². The van der Waals surface area contributed by atoms with Crippen LogP contribution in [0.4, 0.5) is 5.13 Å². The molecule has 0 saturated heterocycles. The summed E-state index contributed by atoms with van der Waals surface area (Å²) in [5.41, 5.74) is 3.37. The van der Waals surface area contributed by atoms with Crippen molar-refractivity contribution in [3.63, 3.8) is 0 Å². The highest BCUT2D eigenvalue weighted by Gasteiger charge is 2.15. The van der Waals surface area contributed by atoms with E-state index >= 15 is 0 Å². The molecule has 1 aliphatic carbocycles. The molecule has 0 aliphatic heterocycles. The van der Waals surface area contributed by atoms with Crippen LogP contribution in [0, 0.1) is 0 Å². The van der Waals surface area contributed by atoms with Crippen LogP contribution in [0.2, 0.25) is 0 Å². The van der Waals surface area contributed by atoms with Crippen molar-refractivity contribution in [2.24, 2.45) is 0 Å². The van der Waals surface area contributed by atoms with Crippen LogP contribution in [0.15, 0.2) is 29.6 Å². The highest BCUT2D eigenvalue weighted by Crippen LogP contribution is 2.34. The number of anilines is 1. The minimum absolute atomic E-state index is 0.133. The Labute approximate surface area is 158 Å². The number of thiazole rings is 1. The molecule has 1 aromatic carbocycles. The van der Waals surface area contributed by atoms with Gasteiger partial charge in [0.05, 0.1) is 5.69 Å². The van der Waals surface area contributed by atoms with Gasteiger partial charge in [-0.05, 0) is 24.3 Å². The minimum Gasteiger partial charge on any atom is -0.356 e.